The fourth-order valence-electron chi connectivity index (χ4n) is 3.23. The van der Waals surface area contributed by atoms with Crippen molar-refractivity contribution in [3.05, 3.63) is 42.6 Å². The molecule has 2 aromatic heterocycles. The van der Waals surface area contributed by atoms with E-state index in [0.29, 0.717) is 18.8 Å². The first kappa shape index (κ1) is 14.9. The second-order valence-corrected chi connectivity index (χ2v) is 6.02. The molecule has 7 heteroatoms. The summed E-state index contributed by atoms with van der Waals surface area (Å²) in [6.07, 6.45) is 5.65. The fourth-order valence-corrected chi connectivity index (χ4v) is 3.23. The normalized spacial score (nSPS) is 18.2. The summed E-state index contributed by atoms with van der Waals surface area (Å²) in [7, 11) is 0. The lowest BCUT2D eigenvalue weighted by atomic mass is 10.1. The molecule has 0 aliphatic carbocycles. The van der Waals surface area contributed by atoms with Crippen LogP contribution in [0, 0.1) is 0 Å². The van der Waals surface area contributed by atoms with Gasteiger partial charge < -0.3 is 8.94 Å². The molecular formula is C17H18N4O3. The Morgan fingerprint density at radius 2 is 2.29 bits per heavy atom. The fraction of sp³-hybridized carbons (Fsp3) is 0.353. The quantitative estimate of drug-likeness (QED) is 0.776. The van der Waals surface area contributed by atoms with Gasteiger partial charge in [0.15, 0.2) is 6.39 Å². The van der Waals surface area contributed by atoms with Crippen LogP contribution in [0.3, 0.4) is 0 Å². The van der Waals surface area contributed by atoms with Crippen LogP contribution in [-0.2, 0) is 11.3 Å². The average molecular weight is 326 g/mol. The van der Waals surface area contributed by atoms with Crippen LogP contribution in [0.25, 0.3) is 10.9 Å². The number of hydrogen-bond donors (Lipinski definition) is 1. The molecule has 0 spiro atoms. The van der Waals surface area contributed by atoms with Crippen molar-refractivity contribution in [2.45, 2.75) is 31.8 Å². The Labute approximate surface area is 138 Å². The number of hydrogen-bond acceptors (Lipinski definition) is 6. The zero-order valence-electron chi connectivity index (χ0n) is 13.1. The summed E-state index contributed by atoms with van der Waals surface area (Å²) in [5, 5.41) is 7.61. The largest absolute Gasteiger partial charge is 0.447 e. The van der Waals surface area contributed by atoms with Crippen molar-refractivity contribution in [3.63, 3.8) is 0 Å². The molecule has 0 saturated carbocycles. The standard InChI is InChI=1S/C17H18N4O3/c22-16(19-17-14-5-1-2-6-15(14)20-24-17)8-12-4-3-7-21(12)10-13-9-18-11-23-13/h1-2,5-6,9,11-12H,3-4,7-8,10H2,(H,19,22)/t12-/m1/s1. The lowest BCUT2D eigenvalue weighted by molar-refractivity contribution is -0.117. The third kappa shape index (κ3) is 3.03. The third-order valence-corrected chi connectivity index (χ3v) is 4.40. The highest BCUT2D eigenvalue weighted by Crippen LogP contribution is 2.25. The van der Waals surface area contributed by atoms with Crippen LogP contribution >= 0.6 is 0 Å². The van der Waals surface area contributed by atoms with Gasteiger partial charge in [0.2, 0.25) is 11.8 Å². The SMILES string of the molecule is O=C(C[C@H]1CCCN1Cc1cnco1)Nc1onc2ccccc12. The summed E-state index contributed by atoms with van der Waals surface area (Å²) in [6.45, 7) is 1.65. The molecule has 4 rings (SSSR count). The number of fused-ring (bicyclic) bond motifs is 1. The minimum atomic E-state index is -0.0635. The number of nitrogens with zero attached hydrogens (tertiary/aromatic N) is 3. The van der Waals surface area contributed by atoms with Gasteiger partial charge in [0, 0.05) is 12.5 Å². The summed E-state index contributed by atoms with van der Waals surface area (Å²) < 4.78 is 10.5. The van der Waals surface area contributed by atoms with Gasteiger partial charge in [-0.05, 0) is 31.5 Å². The molecule has 1 fully saturated rings. The molecule has 1 aliphatic heterocycles. The maximum atomic E-state index is 12.4. The van der Waals surface area contributed by atoms with Gasteiger partial charge in [-0.25, -0.2) is 4.98 Å². The van der Waals surface area contributed by atoms with E-state index in [1.807, 2.05) is 24.3 Å². The van der Waals surface area contributed by atoms with E-state index in [-0.39, 0.29) is 11.9 Å². The van der Waals surface area contributed by atoms with Crippen LogP contribution in [0.15, 0.2) is 45.8 Å². The number of carbonyl (C=O) groups excluding carboxylic acids is 1. The molecule has 3 heterocycles. The monoisotopic (exact) mass is 326 g/mol. The van der Waals surface area contributed by atoms with Crippen molar-refractivity contribution in [2.24, 2.45) is 0 Å². The predicted molar refractivity (Wildman–Crippen MR) is 87.2 cm³/mol. The van der Waals surface area contributed by atoms with E-state index in [2.05, 4.69) is 20.4 Å². The first-order valence-electron chi connectivity index (χ1n) is 8.05. The van der Waals surface area contributed by atoms with Gasteiger partial charge in [-0.3, -0.25) is 15.0 Å². The summed E-state index contributed by atoms with van der Waals surface area (Å²) in [5.41, 5.74) is 0.737. The second-order valence-electron chi connectivity index (χ2n) is 6.02. The Hall–Kier alpha value is -2.67. The van der Waals surface area contributed by atoms with E-state index in [9.17, 15) is 4.79 Å². The highest BCUT2D eigenvalue weighted by molar-refractivity contribution is 5.98. The van der Waals surface area contributed by atoms with Crippen molar-refractivity contribution < 1.29 is 13.7 Å². The van der Waals surface area contributed by atoms with E-state index in [1.165, 1.54) is 6.39 Å². The van der Waals surface area contributed by atoms with Crippen LogP contribution in [0.4, 0.5) is 5.88 Å². The molecule has 1 atom stereocenters. The van der Waals surface area contributed by atoms with Gasteiger partial charge in [0.05, 0.1) is 18.1 Å². The van der Waals surface area contributed by atoms with E-state index in [1.54, 1.807) is 6.20 Å². The zero-order chi connectivity index (χ0) is 16.4. The molecule has 1 amide bonds. The predicted octanol–water partition coefficient (Wildman–Crippen LogP) is 2.81. The van der Waals surface area contributed by atoms with Gasteiger partial charge in [-0.1, -0.05) is 17.3 Å². The highest BCUT2D eigenvalue weighted by atomic mass is 16.5. The first-order chi connectivity index (χ1) is 11.8. The molecule has 0 unspecified atom stereocenters. The molecule has 3 aromatic rings. The van der Waals surface area contributed by atoms with Crippen molar-refractivity contribution in [2.75, 3.05) is 11.9 Å². The molecular weight excluding hydrogens is 308 g/mol. The number of rotatable bonds is 5. The van der Waals surface area contributed by atoms with Crippen LogP contribution in [-0.4, -0.2) is 33.5 Å². The van der Waals surface area contributed by atoms with Crippen molar-refractivity contribution in [1.29, 1.82) is 0 Å². The summed E-state index contributed by atoms with van der Waals surface area (Å²) >= 11 is 0. The van der Waals surface area contributed by atoms with Gasteiger partial charge in [-0.2, -0.15) is 0 Å². The first-order valence-corrected chi connectivity index (χ1v) is 8.05. The highest BCUT2D eigenvalue weighted by Gasteiger charge is 2.27. The minimum Gasteiger partial charge on any atom is -0.447 e. The van der Waals surface area contributed by atoms with Gasteiger partial charge in [0.1, 0.15) is 11.3 Å². The van der Waals surface area contributed by atoms with E-state index < -0.39 is 0 Å². The number of amides is 1. The van der Waals surface area contributed by atoms with Gasteiger partial charge in [-0.15, -0.1) is 0 Å². The Balaban J connectivity index is 1.40. The van der Waals surface area contributed by atoms with Crippen LogP contribution in [0.5, 0.6) is 0 Å². The number of aromatic nitrogens is 2. The number of benzene rings is 1. The van der Waals surface area contributed by atoms with Crippen molar-refractivity contribution in [1.82, 2.24) is 15.0 Å². The maximum absolute atomic E-state index is 12.4. The third-order valence-electron chi connectivity index (χ3n) is 4.40. The number of oxazole rings is 1. The average Bonchev–Trinajstić information content (AvgIpc) is 3.31. The topological polar surface area (TPSA) is 84.4 Å². The molecule has 1 saturated heterocycles. The summed E-state index contributed by atoms with van der Waals surface area (Å²) in [5.74, 6) is 1.17. The van der Waals surface area contributed by atoms with Crippen molar-refractivity contribution >= 4 is 22.7 Å². The molecule has 1 N–H and O–H groups in total. The van der Waals surface area contributed by atoms with Crippen LogP contribution in [0.2, 0.25) is 0 Å². The van der Waals surface area contributed by atoms with E-state index >= 15 is 0 Å². The van der Waals surface area contributed by atoms with Gasteiger partial charge >= 0.3 is 0 Å². The maximum Gasteiger partial charge on any atom is 0.239 e. The smallest absolute Gasteiger partial charge is 0.239 e. The Morgan fingerprint density at radius 3 is 3.17 bits per heavy atom. The number of carbonyl (C=O) groups is 1. The molecule has 1 aromatic carbocycles. The van der Waals surface area contributed by atoms with E-state index in [4.69, 9.17) is 8.94 Å². The molecule has 1 aliphatic rings. The second kappa shape index (κ2) is 6.45. The number of nitrogens with one attached hydrogen (secondary N) is 1. The zero-order valence-corrected chi connectivity index (χ0v) is 13.1. The molecule has 7 nitrogen and oxygen atoms in total. The number of anilines is 1. The lowest BCUT2D eigenvalue weighted by Gasteiger charge is -2.22. The van der Waals surface area contributed by atoms with Crippen LogP contribution < -0.4 is 5.32 Å². The number of likely N-dealkylation sites (tertiary alicyclic amines) is 1. The Morgan fingerprint density at radius 1 is 1.38 bits per heavy atom. The van der Waals surface area contributed by atoms with Crippen molar-refractivity contribution in [3.8, 4) is 0 Å². The van der Waals surface area contributed by atoms with Crippen LogP contribution in [0.1, 0.15) is 25.0 Å². The van der Waals surface area contributed by atoms with E-state index in [0.717, 1.165) is 36.0 Å². The molecule has 0 radical (unpaired) electrons. The molecule has 124 valence electrons. The molecule has 24 heavy (non-hydrogen) atoms. The Kier molecular flexibility index (Phi) is 4.00. The minimum absolute atomic E-state index is 0.0635. The van der Waals surface area contributed by atoms with Gasteiger partial charge in [0.25, 0.3) is 0 Å². The Bertz CT molecular complexity index is 827. The summed E-state index contributed by atoms with van der Waals surface area (Å²) in [4.78, 5) is 18.6. The lowest BCUT2D eigenvalue weighted by Crippen LogP contribution is -2.32. The molecule has 0 bridgehead atoms. The summed E-state index contributed by atoms with van der Waals surface area (Å²) in [6, 6.07) is 7.71.